The molecule has 0 saturated heterocycles. The van der Waals surface area contributed by atoms with E-state index < -0.39 is 5.91 Å². The molecule has 0 fully saturated rings. The largest absolute Gasteiger partial charge is 0.273 e. The number of carbonyl (C=O) groups is 2. The zero-order valence-electron chi connectivity index (χ0n) is 12.2. The molecule has 118 valence electrons. The molecular weight excluding hydrogens is 315 g/mol. The van der Waals surface area contributed by atoms with Crippen LogP contribution in [-0.2, 0) is 16.0 Å². The SMILES string of the molecule is O=C(/C=C/Sc1ccccc1)NNC(=O)Cc1ccc(F)cc1. The summed E-state index contributed by atoms with van der Waals surface area (Å²) in [7, 11) is 0. The third-order valence-corrected chi connectivity index (χ3v) is 3.59. The minimum absolute atomic E-state index is 0.0586. The Kier molecular flexibility index (Phi) is 6.38. The van der Waals surface area contributed by atoms with E-state index in [4.69, 9.17) is 0 Å². The number of thioether (sulfide) groups is 1. The molecule has 0 aromatic heterocycles. The van der Waals surface area contributed by atoms with Gasteiger partial charge >= 0.3 is 0 Å². The lowest BCUT2D eigenvalue weighted by Gasteiger charge is -2.05. The Hall–Kier alpha value is -2.60. The Morgan fingerprint density at radius 3 is 2.39 bits per heavy atom. The van der Waals surface area contributed by atoms with Gasteiger partial charge < -0.3 is 0 Å². The van der Waals surface area contributed by atoms with Gasteiger partial charge in [-0.1, -0.05) is 42.1 Å². The third-order valence-electron chi connectivity index (χ3n) is 2.77. The van der Waals surface area contributed by atoms with Crippen molar-refractivity contribution in [3.8, 4) is 0 Å². The van der Waals surface area contributed by atoms with E-state index in [-0.39, 0.29) is 18.1 Å². The molecule has 6 heteroatoms. The highest BCUT2D eigenvalue weighted by Gasteiger charge is 2.04. The first-order chi connectivity index (χ1) is 11.1. The van der Waals surface area contributed by atoms with Gasteiger partial charge in [0.15, 0.2) is 0 Å². The fourth-order valence-electron chi connectivity index (χ4n) is 1.68. The van der Waals surface area contributed by atoms with E-state index in [9.17, 15) is 14.0 Å². The Labute approximate surface area is 137 Å². The molecule has 2 aromatic carbocycles. The molecule has 4 nitrogen and oxygen atoms in total. The molecule has 0 atom stereocenters. The number of hydrazine groups is 1. The lowest BCUT2D eigenvalue weighted by molar-refractivity contribution is -0.126. The van der Waals surface area contributed by atoms with Gasteiger partial charge in [0.2, 0.25) is 5.91 Å². The monoisotopic (exact) mass is 330 g/mol. The van der Waals surface area contributed by atoms with E-state index in [1.54, 1.807) is 5.41 Å². The highest BCUT2D eigenvalue weighted by molar-refractivity contribution is 8.02. The highest BCUT2D eigenvalue weighted by atomic mass is 32.2. The van der Waals surface area contributed by atoms with Crippen molar-refractivity contribution in [3.05, 3.63) is 77.5 Å². The standard InChI is InChI=1S/C17H15FN2O2S/c18-14-8-6-13(7-9-14)12-17(22)20-19-16(21)10-11-23-15-4-2-1-3-5-15/h1-11H,12H2,(H,19,21)(H,20,22)/b11-10+. The van der Waals surface area contributed by atoms with Crippen LogP contribution in [0.5, 0.6) is 0 Å². The maximum Gasteiger partial charge on any atom is 0.262 e. The Bertz CT molecular complexity index is 687. The van der Waals surface area contributed by atoms with Gasteiger partial charge in [-0.25, -0.2) is 4.39 Å². The van der Waals surface area contributed by atoms with Crippen molar-refractivity contribution in [2.24, 2.45) is 0 Å². The number of nitrogens with one attached hydrogen (secondary N) is 2. The van der Waals surface area contributed by atoms with Gasteiger partial charge in [-0.15, -0.1) is 0 Å². The van der Waals surface area contributed by atoms with Crippen LogP contribution in [0.2, 0.25) is 0 Å². The second-order valence-electron chi connectivity index (χ2n) is 4.57. The molecule has 0 unspecified atom stereocenters. The summed E-state index contributed by atoms with van der Waals surface area (Å²) in [5, 5.41) is 1.64. The Balaban J connectivity index is 1.71. The van der Waals surface area contributed by atoms with E-state index in [0.29, 0.717) is 5.56 Å². The van der Waals surface area contributed by atoms with E-state index >= 15 is 0 Å². The molecule has 2 N–H and O–H groups in total. The lowest BCUT2D eigenvalue weighted by atomic mass is 10.1. The second-order valence-corrected chi connectivity index (χ2v) is 5.55. The molecule has 2 amide bonds. The van der Waals surface area contributed by atoms with Crippen LogP contribution in [0.4, 0.5) is 4.39 Å². The minimum Gasteiger partial charge on any atom is -0.273 e. The molecule has 0 aliphatic carbocycles. The quantitative estimate of drug-likeness (QED) is 0.503. The van der Waals surface area contributed by atoms with Gasteiger partial charge in [-0.3, -0.25) is 20.4 Å². The van der Waals surface area contributed by atoms with Gasteiger partial charge in [-0.05, 0) is 35.2 Å². The molecule has 0 spiro atoms. The smallest absolute Gasteiger partial charge is 0.262 e. The summed E-state index contributed by atoms with van der Waals surface area (Å²) in [4.78, 5) is 24.2. The first kappa shape index (κ1) is 16.8. The number of rotatable bonds is 5. The normalized spacial score (nSPS) is 10.5. The topological polar surface area (TPSA) is 58.2 Å². The minimum atomic E-state index is -0.430. The van der Waals surface area contributed by atoms with Crippen LogP contribution in [0.1, 0.15) is 5.56 Å². The van der Waals surface area contributed by atoms with Crippen molar-refractivity contribution in [1.82, 2.24) is 10.9 Å². The van der Waals surface area contributed by atoms with Gasteiger partial charge in [0.05, 0.1) is 6.42 Å². The zero-order valence-corrected chi connectivity index (χ0v) is 13.0. The van der Waals surface area contributed by atoms with Crippen LogP contribution < -0.4 is 10.9 Å². The Morgan fingerprint density at radius 2 is 1.70 bits per heavy atom. The molecule has 0 aliphatic rings. The molecule has 0 saturated carbocycles. The van der Waals surface area contributed by atoms with Crippen molar-refractivity contribution in [1.29, 1.82) is 0 Å². The van der Waals surface area contributed by atoms with Crippen molar-refractivity contribution < 1.29 is 14.0 Å². The molecule has 23 heavy (non-hydrogen) atoms. The predicted octanol–water partition coefficient (Wildman–Crippen LogP) is 2.82. The number of hydrogen-bond acceptors (Lipinski definition) is 3. The summed E-state index contributed by atoms with van der Waals surface area (Å²) in [6, 6.07) is 15.2. The van der Waals surface area contributed by atoms with E-state index in [1.807, 2.05) is 30.3 Å². The molecule has 2 rings (SSSR count). The zero-order chi connectivity index (χ0) is 16.5. The first-order valence-electron chi connectivity index (χ1n) is 6.85. The maximum atomic E-state index is 12.8. The number of benzene rings is 2. The predicted molar refractivity (Wildman–Crippen MR) is 87.8 cm³/mol. The maximum absolute atomic E-state index is 12.8. The fraction of sp³-hybridized carbons (Fsp3) is 0.0588. The molecule has 0 heterocycles. The lowest BCUT2D eigenvalue weighted by Crippen LogP contribution is -2.41. The summed E-state index contributed by atoms with van der Waals surface area (Å²) >= 11 is 1.40. The van der Waals surface area contributed by atoms with Crippen molar-refractivity contribution in [2.45, 2.75) is 11.3 Å². The summed E-state index contributed by atoms with van der Waals surface area (Å²) in [5.74, 6) is -1.17. The number of hydrogen-bond donors (Lipinski definition) is 2. The summed E-state index contributed by atoms with van der Waals surface area (Å²) < 4.78 is 12.8. The van der Waals surface area contributed by atoms with Crippen LogP contribution >= 0.6 is 11.8 Å². The third kappa shape index (κ3) is 6.36. The van der Waals surface area contributed by atoms with Crippen LogP contribution in [0, 0.1) is 5.82 Å². The van der Waals surface area contributed by atoms with Crippen molar-refractivity contribution >= 4 is 23.6 Å². The number of halogens is 1. The summed E-state index contributed by atoms with van der Waals surface area (Å²) in [6.45, 7) is 0. The van der Waals surface area contributed by atoms with E-state index in [2.05, 4.69) is 10.9 Å². The van der Waals surface area contributed by atoms with Gasteiger partial charge in [-0.2, -0.15) is 0 Å². The molecule has 0 radical (unpaired) electrons. The van der Waals surface area contributed by atoms with Gasteiger partial charge in [0.25, 0.3) is 5.91 Å². The molecular formula is C17H15FN2O2S. The molecule has 0 bridgehead atoms. The molecule has 2 aromatic rings. The fourth-order valence-corrected chi connectivity index (χ4v) is 2.34. The van der Waals surface area contributed by atoms with Crippen molar-refractivity contribution in [3.63, 3.8) is 0 Å². The van der Waals surface area contributed by atoms with Gasteiger partial charge in [0.1, 0.15) is 5.82 Å². The Morgan fingerprint density at radius 1 is 1.00 bits per heavy atom. The van der Waals surface area contributed by atoms with E-state index in [0.717, 1.165) is 4.90 Å². The summed E-state index contributed by atoms with van der Waals surface area (Å²) in [5.41, 5.74) is 5.25. The van der Waals surface area contributed by atoms with Crippen LogP contribution in [0.3, 0.4) is 0 Å². The summed E-state index contributed by atoms with van der Waals surface area (Å²) in [6.07, 6.45) is 1.39. The average Bonchev–Trinajstić information content (AvgIpc) is 2.56. The first-order valence-corrected chi connectivity index (χ1v) is 7.73. The highest BCUT2D eigenvalue weighted by Crippen LogP contribution is 2.17. The number of carbonyl (C=O) groups excluding carboxylic acids is 2. The van der Waals surface area contributed by atoms with E-state index in [1.165, 1.54) is 42.1 Å². The average molecular weight is 330 g/mol. The number of amides is 2. The van der Waals surface area contributed by atoms with Crippen LogP contribution in [0.25, 0.3) is 0 Å². The van der Waals surface area contributed by atoms with Crippen molar-refractivity contribution in [2.75, 3.05) is 0 Å². The second kappa shape index (κ2) is 8.75. The van der Waals surface area contributed by atoms with Crippen LogP contribution in [0.15, 0.2) is 71.0 Å². The molecule has 0 aliphatic heterocycles. The van der Waals surface area contributed by atoms with Gasteiger partial charge in [0, 0.05) is 11.0 Å². The van der Waals surface area contributed by atoms with Crippen LogP contribution in [-0.4, -0.2) is 11.8 Å².